The maximum atomic E-state index is 9.09. The average Bonchev–Trinajstić information content (AvgIpc) is 2.21. The minimum Gasteiger partial charge on any atom is -0.395 e. The number of aliphatic hydroxyl groups is 1. The smallest absolute Gasteiger partial charge is 0.0595 e. The molecule has 0 aliphatic carbocycles. The molecule has 0 heterocycles. The van der Waals surface area contributed by atoms with E-state index in [4.69, 9.17) is 9.84 Å². The first-order chi connectivity index (χ1) is 6.38. The molecule has 0 saturated heterocycles. The molecule has 1 aromatic carbocycles. The first kappa shape index (κ1) is 10.2. The van der Waals surface area contributed by atoms with Gasteiger partial charge in [0.1, 0.15) is 0 Å². The van der Waals surface area contributed by atoms with Gasteiger partial charge in [0.25, 0.3) is 0 Å². The molecule has 1 aromatic rings. The highest BCUT2D eigenvalue weighted by Crippen LogP contribution is 2.13. The van der Waals surface area contributed by atoms with Crippen LogP contribution >= 0.6 is 0 Å². The van der Waals surface area contributed by atoms with Gasteiger partial charge >= 0.3 is 0 Å². The van der Waals surface area contributed by atoms with Gasteiger partial charge in [-0.3, -0.25) is 0 Å². The number of rotatable bonds is 5. The lowest BCUT2D eigenvalue weighted by Gasteiger charge is -2.12. The zero-order chi connectivity index (χ0) is 9.52. The summed E-state index contributed by atoms with van der Waals surface area (Å²) >= 11 is 0. The minimum absolute atomic E-state index is 0.0595. The van der Waals surface area contributed by atoms with E-state index in [0.29, 0.717) is 13.2 Å². The highest BCUT2D eigenvalue weighted by Gasteiger charge is 2.09. The lowest BCUT2D eigenvalue weighted by Crippen LogP contribution is -2.12. The molecule has 0 fully saturated rings. The third-order valence-corrected chi connectivity index (χ3v) is 1.85. The van der Waals surface area contributed by atoms with Gasteiger partial charge in [-0.2, -0.15) is 0 Å². The number of hydrogen-bond acceptors (Lipinski definition) is 2. The Hall–Kier alpha value is -0.860. The predicted molar refractivity (Wildman–Crippen MR) is 52.4 cm³/mol. The van der Waals surface area contributed by atoms with E-state index >= 15 is 0 Å². The van der Waals surface area contributed by atoms with Crippen molar-refractivity contribution in [3.63, 3.8) is 0 Å². The van der Waals surface area contributed by atoms with Gasteiger partial charge in [-0.1, -0.05) is 30.3 Å². The predicted octanol–water partition coefficient (Wildman–Crippen LogP) is 1.64. The molecule has 0 aliphatic rings. The van der Waals surface area contributed by atoms with E-state index in [-0.39, 0.29) is 6.61 Å². The van der Waals surface area contributed by atoms with Crippen LogP contribution in [0.1, 0.15) is 12.5 Å². The molecule has 0 amide bonds. The quantitative estimate of drug-likeness (QED) is 0.744. The molecule has 1 rings (SSSR count). The third kappa shape index (κ3) is 3.17. The van der Waals surface area contributed by atoms with Gasteiger partial charge in [-0.05, 0) is 12.5 Å². The zero-order valence-corrected chi connectivity index (χ0v) is 7.86. The van der Waals surface area contributed by atoms with E-state index in [9.17, 15) is 0 Å². The minimum atomic E-state index is 0.0595. The Morgan fingerprint density at radius 2 is 2.00 bits per heavy atom. The van der Waals surface area contributed by atoms with E-state index in [1.165, 1.54) is 0 Å². The molecular weight excluding hydrogens is 164 g/mol. The molecule has 2 nitrogen and oxygen atoms in total. The maximum absolute atomic E-state index is 9.09. The topological polar surface area (TPSA) is 29.5 Å². The summed E-state index contributed by atoms with van der Waals surface area (Å²) in [7, 11) is 0. The van der Waals surface area contributed by atoms with Crippen LogP contribution in [-0.2, 0) is 4.74 Å². The van der Waals surface area contributed by atoms with Crippen molar-refractivity contribution >= 4 is 0 Å². The fraction of sp³-hybridized carbons (Fsp3) is 0.364. The molecule has 0 aromatic heterocycles. The summed E-state index contributed by atoms with van der Waals surface area (Å²) in [6, 6.07) is 9.82. The zero-order valence-electron chi connectivity index (χ0n) is 7.86. The third-order valence-electron chi connectivity index (χ3n) is 1.85. The second-order valence-corrected chi connectivity index (χ2v) is 2.76. The number of ether oxygens (including phenoxy) is 1. The fourth-order valence-electron chi connectivity index (χ4n) is 1.12. The van der Waals surface area contributed by atoms with Gasteiger partial charge in [0.05, 0.1) is 19.1 Å². The van der Waals surface area contributed by atoms with Crippen LogP contribution in [0.15, 0.2) is 30.3 Å². The molecule has 0 atom stereocenters. The fourth-order valence-corrected chi connectivity index (χ4v) is 1.12. The normalized spacial score (nSPS) is 10.7. The van der Waals surface area contributed by atoms with Crippen molar-refractivity contribution in [2.45, 2.75) is 6.92 Å². The molecule has 1 N–H and O–H groups in total. The van der Waals surface area contributed by atoms with Crippen LogP contribution in [0, 0.1) is 5.92 Å². The highest BCUT2D eigenvalue weighted by molar-refractivity contribution is 5.30. The molecule has 71 valence electrons. The molecule has 1 radical (unpaired) electrons. The van der Waals surface area contributed by atoms with E-state index < -0.39 is 0 Å². The first-order valence-electron chi connectivity index (χ1n) is 4.47. The Morgan fingerprint density at radius 1 is 1.31 bits per heavy atom. The molecule has 2 heteroatoms. The standard InChI is InChI=1S/C11H15O2/c1-2-13-9-11(8-12)10-6-4-3-5-7-10/h3-7,12H,2,8-9H2,1H3. The Bertz CT molecular complexity index is 221. The molecule has 0 aliphatic heterocycles. The van der Waals surface area contributed by atoms with Crippen molar-refractivity contribution in [1.82, 2.24) is 0 Å². The van der Waals surface area contributed by atoms with Crippen LogP contribution in [0.25, 0.3) is 0 Å². The molecule has 0 spiro atoms. The molecule has 0 bridgehead atoms. The van der Waals surface area contributed by atoms with Crippen molar-refractivity contribution in [2.75, 3.05) is 19.8 Å². The summed E-state index contributed by atoms with van der Waals surface area (Å²) < 4.78 is 5.24. The van der Waals surface area contributed by atoms with Crippen LogP contribution in [0.5, 0.6) is 0 Å². The van der Waals surface area contributed by atoms with Crippen molar-refractivity contribution in [3.8, 4) is 0 Å². The van der Waals surface area contributed by atoms with Crippen molar-refractivity contribution in [3.05, 3.63) is 41.8 Å². The van der Waals surface area contributed by atoms with Crippen molar-refractivity contribution in [2.24, 2.45) is 0 Å². The van der Waals surface area contributed by atoms with Gasteiger partial charge in [-0.15, -0.1) is 0 Å². The van der Waals surface area contributed by atoms with Gasteiger partial charge in [0.15, 0.2) is 0 Å². The summed E-state index contributed by atoms with van der Waals surface area (Å²) in [4.78, 5) is 0. The highest BCUT2D eigenvalue weighted by atomic mass is 16.5. The van der Waals surface area contributed by atoms with Crippen LogP contribution in [0.4, 0.5) is 0 Å². The summed E-state index contributed by atoms with van der Waals surface area (Å²) in [6.45, 7) is 3.19. The number of benzene rings is 1. The van der Waals surface area contributed by atoms with E-state index in [2.05, 4.69) is 0 Å². The summed E-state index contributed by atoms with van der Waals surface area (Å²) in [5.74, 6) is 0.933. The van der Waals surface area contributed by atoms with Crippen molar-refractivity contribution < 1.29 is 9.84 Å². The summed E-state index contributed by atoms with van der Waals surface area (Å²) in [5, 5.41) is 9.09. The van der Waals surface area contributed by atoms with Gasteiger partial charge in [0.2, 0.25) is 0 Å². The van der Waals surface area contributed by atoms with Crippen LogP contribution < -0.4 is 0 Å². The second kappa shape index (κ2) is 5.73. The van der Waals surface area contributed by atoms with Gasteiger partial charge in [-0.25, -0.2) is 0 Å². The molecule has 0 unspecified atom stereocenters. The maximum Gasteiger partial charge on any atom is 0.0595 e. The van der Waals surface area contributed by atoms with E-state index in [1.807, 2.05) is 37.3 Å². The average molecular weight is 179 g/mol. The lowest BCUT2D eigenvalue weighted by molar-refractivity contribution is 0.146. The number of hydrogen-bond donors (Lipinski definition) is 1. The lowest BCUT2D eigenvalue weighted by atomic mass is 10.0. The number of aliphatic hydroxyl groups excluding tert-OH is 1. The van der Waals surface area contributed by atoms with Gasteiger partial charge in [0, 0.05) is 6.61 Å². The first-order valence-corrected chi connectivity index (χ1v) is 4.47. The summed E-state index contributed by atoms with van der Waals surface area (Å²) in [6.07, 6.45) is 0. The van der Waals surface area contributed by atoms with Crippen molar-refractivity contribution in [1.29, 1.82) is 0 Å². The second-order valence-electron chi connectivity index (χ2n) is 2.76. The Kier molecular flexibility index (Phi) is 4.50. The van der Waals surface area contributed by atoms with Crippen LogP contribution in [-0.4, -0.2) is 24.9 Å². The Morgan fingerprint density at radius 3 is 2.54 bits per heavy atom. The van der Waals surface area contributed by atoms with E-state index in [0.717, 1.165) is 11.5 Å². The summed E-state index contributed by atoms with van der Waals surface area (Å²) in [5.41, 5.74) is 1.05. The SMILES string of the molecule is CCOC[C](CO)c1ccccc1. The van der Waals surface area contributed by atoms with E-state index in [1.54, 1.807) is 0 Å². The van der Waals surface area contributed by atoms with Gasteiger partial charge < -0.3 is 9.84 Å². The molecule has 13 heavy (non-hydrogen) atoms. The molecule has 0 saturated carbocycles. The monoisotopic (exact) mass is 179 g/mol. The van der Waals surface area contributed by atoms with Crippen LogP contribution in [0.3, 0.4) is 0 Å². The molecular formula is C11H15O2. The Labute approximate surface area is 79.2 Å². The largest absolute Gasteiger partial charge is 0.395 e. The Balaban J connectivity index is 2.56. The van der Waals surface area contributed by atoms with Crippen LogP contribution in [0.2, 0.25) is 0 Å².